The van der Waals surface area contributed by atoms with Crippen molar-refractivity contribution in [2.45, 2.75) is 51.2 Å². The summed E-state index contributed by atoms with van der Waals surface area (Å²) in [6.45, 7) is 3.53. The molecule has 0 heterocycles. The molecule has 0 aliphatic heterocycles. The van der Waals surface area contributed by atoms with Gasteiger partial charge in [-0.1, -0.05) is 0 Å². The molecule has 1 saturated carbocycles. The van der Waals surface area contributed by atoms with Crippen LogP contribution >= 0.6 is 0 Å². The number of nitrogens with one attached hydrogen (secondary N) is 1. The lowest BCUT2D eigenvalue weighted by atomic mass is 9.81. The number of nitrogens with zero attached hydrogens (tertiary/aromatic N) is 1. The summed E-state index contributed by atoms with van der Waals surface area (Å²) in [6.07, 6.45) is 0.941. The maximum absolute atomic E-state index is 11.4. The molecular formula is C13H25N3O4. The molecule has 1 rings (SSSR count). The van der Waals surface area contributed by atoms with Crippen molar-refractivity contribution in [2.75, 3.05) is 13.2 Å². The quantitative estimate of drug-likeness (QED) is 0.567. The van der Waals surface area contributed by atoms with Crippen molar-refractivity contribution in [1.29, 1.82) is 0 Å². The fourth-order valence-corrected chi connectivity index (χ4v) is 2.95. The Morgan fingerprint density at radius 1 is 1.40 bits per heavy atom. The van der Waals surface area contributed by atoms with Gasteiger partial charge in [0.05, 0.1) is 6.54 Å². The molecule has 2 unspecified atom stereocenters. The Balaban J connectivity index is 2.70. The lowest BCUT2D eigenvalue weighted by Gasteiger charge is -2.41. The summed E-state index contributed by atoms with van der Waals surface area (Å²) in [6, 6.07) is -0.349. The molecule has 7 heteroatoms. The SMILES string of the molecule is CC(C)N(C(=O)O)[C@H]1CCC(NC(=O)CN)C(CO)C1. The lowest BCUT2D eigenvalue weighted by molar-refractivity contribution is -0.121. The topological polar surface area (TPSA) is 116 Å². The van der Waals surface area contributed by atoms with Crippen LogP contribution in [0.2, 0.25) is 0 Å². The van der Waals surface area contributed by atoms with Gasteiger partial charge < -0.3 is 26.2 Å². The minimum Gasteiger partial charge on any atom is -0.465 e. The summed E-state index contributed by atoms with van der Waals surface area (Å²) in [5, 5.41) is 21.6. The van der Waals surface area contributed by atoms with Crippen molar-refractivity contribution >= 4 is 12.0 Å². The van der Waals surface area contributed by atoms with Gasteiger partial charge in [0.25, 0.3) is 0 Å². The molecule has 0 aromatic carbocycles. The van der Waals surface area contributed by atoms with Crippen molar-refractivity contribution in [3.05, 3.63) is 0 Å². The molecule has 1 aliphatic carbocycles. The standard InChI is InChI=1S/C13H25N3O4/c1-8(2)16(13(19)20)10-3-4-11(9(5-10)7-17)15-12(18)6-14/h8-11,17H,3-7,14H2,1-2H3,(H,15,18)(H,19,20)/t9?,10-,11?/m0/s1. The van der Waals surface area contributed by atoms with Crippen LogP contribution in [0.25, 0.3) is 0 Å². The maximum Gasteiger partial charge on any atom is 0.407 e. The van der Waals surface area contributed by atoms with Gasteiger partial charge in [-0.25, -0.2) is 4.79 Å². The normalized spacial score (nSPS) is 26.4. The van der Waals surface area contributed by atoms with Crippen LogP contribution in [-0.4, -0.2) is 58.4 Å². The summed E-state index contributed by atoms with van der Waals surface area (Å²) < 4.78 is 0. The predicted molar refractivity (Wildman–Crippen MR) is 74.2 cm³/mol. The number of aliphatic hydroxyl groups is 1. The third-order valence-corrected chi connectivity index (χ3v) is 3.89. The molecule has 3 atom stereocenters. The summed E-state index contributed by atoms with van der Waals surface area (Å²) in [5.41, 5.74) is 5.27. The van der Waals surface area contributed by atoms with E-state index in [9.17, 15) is 19.8 Å². The fraction of sp³-hybridized carbons (Fsp3) is 0.846. The summed E-state index contributed by atoms with van der Waals surface area (Å²) in [7, 11) is 0. The number of carbonyl (C=O) groups is 2. The van der Waals surface area contributed by atoms with Crippen molar-refractivity contribution in [3.8, 4) is 0 Å². The van der Waals surface area contributed by atoms with E-state index in [2.05, 4.69) is 5.32 Å². The second-order valence-electron chi connectivity index (χ2n) is 5.57. The van der Waals surface area contributed by atoms with E-state index in [1.165, 1.54) is 4.90 Å². The van der Waals surface area contributed by atoms with Crippen LogP contribution in [0, 0.1) is 5.92 Å². The van der Waals surface area contributed by atoms with Crippen LogP contribution in [0.5, 0.6) is 0 Å². The van der Waals surface area contributed by atoms with Gasteiger partial charge in [0.2, 0.25) is 5.91 Å². The van der Waals surface area contributed by atoms with E-state index in [1.807, 2.05) is 13.8 Å². The second-order valence-corrected chi connectivity index (χ2v) is 5.57. The Hall–Kier alpha value is -1.34. The molecular weight excluding hydrogens is 262 g/mol. The van der Waals surface area contributed by atoms with Gasteiger partial charge in [0, 0.05) is 30.7 Å². The molecule has 20 heavy (non-hydrogen) atoms. The number of hydrogen-bond acceptors (Lipinski definition) is 4. The van der Waals surface area contributed by atoms with Crippen LogP contribution in [0.3, 0.4) is 0 Å². The largest absolute Gasteiger partial charge is 0.465 e. The van der Waals surface area contributed by atoms with E-state index in [0.717, 1.165) is 0 Å². The molecule has 0 radical (unpaired) electrons. The molecule has 5 N–H and O–H groups in total. The fourth-order valence-electron chi connectivity index (χ4n) is 2.95. The zero-order valence-electron chi connectivity index (χ0n) is 12.1. The number of carboxylic acid groups (broad SMARTS) is 1. The van der Waals surface area contributed by atoms with Crippen molar-refractivity contribution in [1.82, 2.24) is 10.2 Å². The van der Waals surface area contributed by atoms with Crippen LogP contribution in [0.1, 0.15) is 33.1 Å². The third kappa shape index (κ3) is 4.08. The predicted octanol–water partition coefficient (Wildman–Crippen LogP) is -0.0207. The number of carbonyl (C=O) groups excluding carboxylic acids is 1. The highest BCUT2D eigenvalue weighted by Gasteiger charge is 2.36. The molecule has 116 valence electrons. The molecule has 0 bridgehead atoms. The third-order valence-electron chi connectivity index (χ3n) is 3.89. The average Bonchev–Trinajstić information content (AvgIpc) is 2.39. The Morgan fingerprint density at radius 3 is 2.50 bits per heavy atom. The van der Waals surface area contributed by atoms with Gasteiger partial charge in [0.15, 0.2) is 0 Å². The molecule has 0 aromatic rings. The molecule has 2 amide bonds. The Labute approximate surface area is 119 Å². The Morgan fingerprint density at radius 2 is 2.05 bits per heavy atom. The molecule has 1 aliphatic rings. The Kier molecular flexibility index (Phi) is 6.22. The minimum absolute atomic E-state index is 0.0719. The zero-order valence-corrected chi connectivity index (χ0v) is 12.1. The number of amides is 2. The first-order valence-electron chi connectivity index (χ1n) is 7.02. The molecule has 1 fully saturated rings. The monoisotopic (exact) mass is 287 g/mol. The van der Waals surface area contributed by atoms with Gasteiger partial charge >= 0.3 is 6.09 Å². The average molecular weight is 287 g/mol. The van der Waals surface area contributed by atoms with E-state index in [1.54, 1.807) is 0 Å². The minimum atomic E-state index is -0.939. The first-order chi connectivity index (χ1) is 9.40. The van der Waals surface area contributed by atoms with Gasteiger partial charge in [0.1, 0.15) is 0 Å². The zero-order chi connectivity index (χ0) is 15.3. The van der Waals surface area contributed by atoms with Crippen LogP contribution in [0.15, 0.2) is 0 Å². The highest BCUT2D eigenvalue weighted by molar-refractivity contribution is 5.78. The molecule has 0 spiro atoms. The lowest BCUT2D eigenvalue weighted by Crippen LogP contribution is -2.53. The summed E-state index contributed by atoms with van der Waals surface area (Å²) >= 11 is 0. The number of rotatable bonds is 5. The van der Waals surface area contributed by atoms with Crippen molar-refractivity contribution in [3.63, 3.8) is 0 Å². The molecule has 0 aromatic heterocycles. The van der Waals surface area contributed by atoms with Gasteiger partial charge in [-0.05, 0) is 33.1 Å². The summed E-state index contributed by atoms with van der Waals surface area (Å²) in [4.78, 5) is 24.1. The van der Waals surface area contributed by atoms with Gasteiger partial charge in [-0.2, -0.15) is 0 Å². The first-order valence-corrected chi connectivity index (χ1v) is 7.02. The van der Waals surface area contributed by atoms with E-state index in [0.29, 0.717) is 19.3 Å². The van der Waals surface area contributed by atoms with E-state index < -0.39 is 6.09 Å². The Bertz CT molecular complexity index is 349. The molecule has 0 saturated heterocycles. The van der Waals surface area contributed by atoms with Crippen LogP contribution in [0.4, 0.5) is 4.79 Å². The first kappa shape index (κ1) is 16.7. The number of hydrogen-bond donors (Lipinski definition) is 4. The maximum atomic E-state index is 11.4. The van der Waals surface area contributed by atoms with Crippen LogP contribution < -0.4 is 11.1 Å². The van der Waals surface area contributed by atoms with Crippen molar-refractivity contribution in [2.24, 2.45) is 11.7 Å². The second kappa shape index (κ2) is 7.44. The number of aliphatic hydroxyl groups excluding tert-OH is 1. The van der Waals surface area contributed by atoms with E-state index >= 15 is 0 Å². The highest BCUT2D eigenvalue weighted by atomic mass is 16.4. The van der Waals surface area contributed by atoms with Crippen molar-refractivity contribution < 1.29 is 19.8 Å². The molecule has 7 nitrogen and oxygen atoms in total. The van der Waals surface area contributed by atoms with Gasteiger partial charge in [-0.15, -0.1) is 0 Å². The summed E-state index contributed by atoms with van der Waals surface area (Å²) in [5.74, 6) is -0.379. The smallest absolute Gasteiger partial charge is 0.407 e. The highest BCUT2D eigenvalue weighted by Crippen LogP contribution is 2.29. The number of nitrogens with two attached hydrogens (primary N) is 1. The van der Waals surface area contributed by atoms with Crippen LogP contribution in [-0.2, 0) is 4.79 Å². The van der Waals surface area contributed by atoms with E-state index in [-0.39, 0.29) is 43.1 Å². The van der Waals surface area contributed by atoms with Gasteiger partial charge in [-0.3, -0.25) is 4.79 Å². The van der Waals surface area contributed by atoms with E-state index in [4.69, 9.17) is 5.73 Å².